The van der Waals surface area contributed by atoms with Gasteiger partial charge in [0.1, 0.15) is 0 Å². The van der Waals surface area contributed by atoms with E-state index in [0.29, 0.717) is 6.42 Å². The van der Waals surface area contributed by atoms with E-state index in [9.17, 15) is 10.1 Å². The smallest absolute Gasteiger partial charge is 0.263 e. The molecule has 1 fully saturated rings. The summed E-state index contributed by atoms with van der Waals surface area (Å²) < 4.78 is 0. The molecule has 0 spiro atoms. The van der Waals surface area contributed by atoms with Gasteiger partial charge in [0.25, 0.3) is 5.66 Å². The SMILES string of the molecule is CC1([N+](=O)[O-])CCCN1. The van der Waals surface area contributed by atoms with E-state index in [-0.39, 0.29) is 4.92 Å². The molecule has 4 heteroatoms. The van der Waals surface area contributed by atoms with Gasteiger partial charge in [0.05, 0.1) is 0 Å². The number of hydrogen-bond donors (Lipinski definition) is 1. The topological polar surface area (TPSA) is 55.2 Å². The second-order valence-corrected chi connectivity index (χ2v) is 2.56. The average Bonchev–Trinajstić information content (AvgIpc) is 2.16. The fourth-order valence-electron chi connectivity index (χ4n) is 1.03. The molecule has 9 heavy (non-hydrogen) atoms. The number of nitro groups is 1. The van der Waals surface area contributed by atoms with Gasteiger partial charge in [0, 0.05) is 24.8 Å². The van der Waals surface area contributed by atoms with Crippen LogP contribution in [-0.4, -0.2) is 17.1 Å². The van der Waals surface area contributed by atoms with Crippen molar-refractivity contribution < 1.29 is 4.92 Å². The van der Waals surface area contributed by atoms with Crippen LogP contribution in [0, 0.1) is 10.1 Å². The molecule has 1 aliphatic rings. The van der Waals surface area contributed by atoms with Gasteiger partial charge in [-0.25, -0.2) is 0 Å². The molecule has 1 N–H and O–H groups in total. The number of nitrogens with zero attached hydrogens (tertiary/aromatic N) is 1. The summed E-state index contributed by atoms with van der Waals surface area (Å²) >= 11 is 0. The van der Waals surface area contributed by atoms with Crippen molar-refractivity contribution in [1.29, 1.82) is 0 Å². The molecule has 0 bridgehead atoms. The van der Waals surface area contributed by atoms with E-state index in [1.807, 2.05) is 0 Å². The molecule has 1 heterocycles. The van der Waals surface area contributed by atoms with Crippen LogP contribution >= 0.6 is 0 Å². The minimum atomic E-state index is -0.833. The molecule has 0 aromatic rings. The third-order valence-electron chi connectivity index (χ3n) is 1.75. The molecule has 0 aromatic heterocycles. The third-order valence-corrected chi connectivity index (χ3v) is 1.75. The Kier molecular flexibility index (Phi) is 1.40. The number of hydrogen-bond acceptors (Lipinski definition) is 3. The second-order valence-electron chi connectivity index (χ2n) is 2.56. The van der Waals surface area contributed by atoms with Gasteiger partial charge in [-0.3, -0.25) is 15.4 Å². The van der Waals surface area contributed by atoms with Crippen molar-refractivity contribution >= 4 is 0 Å². The van der Waals surface area contributed by atoms with E-state index in [0.717, 1.165) is 13.0 Å². The molecule has 52 valence electrons. The monoisotopic (exact) mass is 130 g/mol. The van der Waals surface area contributed by atoms with Crippen molar-refractivity contribution in [3.8, 4) is 0 Å². The van der Waals surface area contributed by atoms with Gasteiger partial charge in [-0.15, -0.1) is 0 Å². The van der Waals surface area contributed by atoms with Crippen LogP contribution in [0.1, 0.15) is 19.8 Å². The Morgan fingerprint density at radius 3 is 2.67 bits per heavy atom. The van der Waals surface area contributed by atoms with Gasteiger partial charge in [0.15, 0.2) is 0 Å². The van der Waals surface area contributed by atoms with Gasteiger partial charge in [-0.1, -0.05) is 0 Å². The minimum Gasteiger partial charge on any atom is -0.263 e. The van der Waals surface area contributed by atoms with E-state index in [1.54, 1.807) is 6.92 Å². The zero-order chi connectivity index (χ0) is 6.91. The highest BCUT2D eigenvalue weighted by Crippen LogP contribution is 2.17. The average molecular weight is 130 g/mol. The molecule has 1 saturated heterocycles. The largest absolute Gasteiger partial charge is 0.272 e. The Morgan fingerprint density at radius 2 is 2.44 bits per heavy atom. The predicted octanol–water partition coefficient (Wildman–Crippen LogP) is 0.363. The zero-order valence-corrected chi connectivity index (χ0v) is 5.39. The standard InChI is InChI=1S/C5H10N2O2/c1-5(7(8)9)3-2-4-6-5/h6H,2-4H2,1H3. The fraction of sp³-hybridized carbons (Fsp3) is 1.00. The van der Waals surface area contributed by atoms with Gasteiger partial charge in [0.2, 0.25) is 0 Å². The minimum absolute atomic E-state index is 0.250. The molecule has 1 rings (SSSR count). The van der Waals surface area contributed by atoms with E-state index in [4.69, 9.17) is 0 Å². The number of nitrogens with one attached hydrogen (secondary N) is 1. The molecular formula is C5H10N2O2. The molecule has 4 nitrogen and oxygen atoms in total. The first-order valence-corrected chi connectivity index (χ1v) is 3.05. The lowest BCUT2D eigenvalue weighted by molar-refractivity contribution is -0.569. The summed E-state index contributed by atoms with van der Waals surface area (Å²) in [5, 5.41) is 13.1. The highest BCUT2D eigenvalue weighted by atomic mass is 16.6. The Balaban J connectivity index is 2.61. The molecule has 1 atom stereocenters. The highest BCUT2D eigenvalue weighted by Gasteiger charge is 2.39. The molecule has 0 radical (unpaired) electrons. The van der Waals surface area contributed by atoms with Crippen LogP contribution in [0.3, 0.4) is 0 Å². The van der Waals surface area contributed by atoms with E-state index >= 15 is 0 Å². The van der Waals surface area contributed by atoms with Crippen LogP contribution in [0.2, 0.25) is 0 Å². The van der Waals surface area contributed by atoms with Crippen LogP contribution in [0.25, 0.3) is 0 Å². The Bertz CT molecular complexity index is 129. The maximum absolute atomic E-state index is 10.3. The zero-order valence-electron chi connectivity index (χ0n) is 5.39. The van der Waals surface area contributed by atoms with Crippen LogP contribution in [0.15, 0.2) is 0 Å². The molecular weight excluding hydrogens is 120 g/mol. The first-order chi connectivity index (χ1) is 4.15. The van der Waals surface area contributed by atoms with E-state index < -0.39 is 5.66 Å². The molecule has 1 aliphatic heterocycles. The molecule has 1 unspecified atom stereocenters. The van der Waals surface area contributed by atoms with Crippen molar-refractivity contribution in [2.75, 3.05) is 6.54 Å². The maximum Gasteiger partial charge on any atom is 0.272 e. The molecule has 0 aromatic carbocycles. The van der Waals surface area contributed by atoms with Gasteiger partial charge >= 0.3 is 0 Å². The van der Waals surface area contributed by atoms with Gasteiger partial charge in [-0.2, -0.15) is 0 Å². The van der Waals surface area contributed by atoms with Crippen LogP contribution in [0.4, 0.5) is 0 Å². The van der Waals surface area contributed by atoms with Crippen molar-refractivity contribution in [3.63, 3.8) is 0 Å². The third kappa shape index (κ3) is 1.03. The maximum atomic E-state index is 10.3. The Morgan fingerprint density at radius 1 is 1.78 bits per heavy atom. The molecule has 0 aliphatic carbocycles. The van der Waals surface area contributed by atoms with Crippen molar-refractivity contribution in [3.05, 3.63) is 10.1 Å². The summed E-state index contributed by atoms with van der Waals surface area (Å²) in [4.78, 5) is 10.0. The van der Waals surface area contributed by atoms with E-state index in [2.05, 4.69) is 5.32 Å². The summed E-state index contributed by atoms with van der Waals surface area (Å²) in [5.41, 5.74) is -0.833. The summed E-state index contributed by atoms with van der Waals surface area (Å²) in [6, 6.07) is 0. The van der Waals surface area contributed by atoms with Crippen molar-refractivity contribution in [2.24, 2.45) is 0 Å². The van der Waals surface area contributed by atoms with E-state index in [1.165, 1.54) is 0 Å². The quantitative estimate of drug-likeness (QED) is 0.412. The summed E-state index contributed by atoms with van der Waals surface area (Å²) in [7, 11) is 0. The van der Waals surface area contributed by atoms with Crippen molar-refractivity contribution in [1.82, 2.24) is 5.32 Å². The lowest BCUT2D eigenvalue weighted by Gasteiger charge is -2.12. The van der Waals surface area contributed by atoms with Crippen molar-refractivity contribution in [2.45, 2.75) is 25.4 Å². The lowest BCUT2D eigenvalue weighted by atomic mass is 10.2. The Hall–Kier alpha value is -0.640. The summed E-state index contributed by atoms with van der Waals surface area (Å²) in [6.07, 6.45) is 1.57. The summed E-state index contributed by atoms with van der Waals surface area (Å²) in [5.74, 6) is 0. The van der Waals surface area contributed by atoms with Crippen LogP contribution < -0.4 is 5.32 Å². The molecule has 0 saturated carbocycles. The lowest BCUT2D eigenvalue weighted by Crippen LogP contribution is -2.43. The normalized spacial score (nSPS) is 34.8. The first kappa shape index (κ1) is 6.48. The first-order valence-electron chi connectivity index (χ1n) is 3.05. The molecule has 0 amide bonds. The fourth-order valence-corrected chi connectivity index (χ4v) is 1.03. The van der Waals surface area contributed by atoms with Crippen LogP contribution in [0.5, 0.6) is 0 Å². The van der Waals surface area contributed by atoms with Gasteiger partial charge in [-0.05, 0) is 6.42 Å². The predicted molar refractivity (Wildman–Crippen MR) is 32.6 cm³/mol. The second kappa shape index (κ2) is 1.95. The number of rotatable bonds is 1. The Labute approximate surface area is 53.4 Å². The summed E-state index contributed by atoms with van der Waals surface area (Å²) in [6.45, 7) is 2.40. The highest BCUT2D eigenvalue weighted by molar-refractivity contribution is 4.77. The van der Waals surface area contributed by atoms with Gasteiger partial charge < -0.3 is 0 Å². The van der Waals surface area contributed by atoms with Crippen LogP contribution in [-0.2, 0) is 0 Å².